The standard InChI is InChI=1S/C13H13Br2N3O/c1-8-3-10(14)5-17(12(8)16)7-18-6-11(15)4-9(2)13(18)19/h3-6,16H,7H2,1-2H3. The molecule has 0 aliphatic carbocycles. The summed E-state index contributed by atoms with van der Waals surface area (Å²) in [7, 11) is 0. The van der Waals surface area contributed by atoms with Crippen molar-refractivity contribution in [3.63, 3.8) is 0 Å². The molecule has 0 atom stereocenters. The minimum absolute atomic E-state index is 0.0484. The highest BCUT2D eigenvalue weighted by Gasteiger charge is 2.04. The largest absolute Gasteiger partial charge is 0.313 e. The van der Waals surface area contributed by atoms with Crippen molar-refractivity contribution in [2.75, 3.05) is 0 Å². The van der Waals surface area contributed by atoms with Crippen LogP contribution in [0.25, 0.3) is 0 Å². The number of hydrogen-bond donors (Lipinski definition) is 1. The van der Waals surface area contributed by atoms with E-state index in [9.17, 15) is 4.79 Å². The van der Waals surface area contributed by atoms with Crippen molar-refractivity contribution >= 4 is 31.9 Å². The molecule has 2 rings (SSSR count). The summed E-state index contributed by atoms with van der Waals surface area (Å²) in [5.41, 5.74) is 1.88. The van der Waals surface area contributed by atoms with Gasteiger partial charge in [-0.1, -0.05) is 0 Å². The predicted octanol–water partition coefficient (Wildman–Crippen LogP) is 2.78. The van der Waals surface area contributed by atoms with Crippen molar-refractivity contribution in [3.05, 3.63) is 60.4 Å². The van der Waals surface area contributed by atoms with Crippen molar-refractivity contribution in [1.82, 2.24) is 9.13 Å². The second-order valence-corrected chi connectivity index (χ2v) is 6.25. The van der Waals surface area contributed by atoms with Crippen LogP contribution in [0.4, 0.5) is 0 Å². The summed E-state index contributed by atoms with van der Waals surface area (Å²) in [5, 5.41) is 8.03. The second kappa shape index (κ2) is 5.46. The molecule has 0 aliphatic heterocycles. The second-order valence-electron chi connectivity index (χ2n) is 4.42. The zero-order valence-corrected chi connectivity index (χ0v) is 13.7. The van der Waals surface area contributed by atoms with Gasteiger partial charge in [0.15, 0.2) is 0 Å². The summed E-state index contributed by atoms with van der Waals surface area (Å²) in [6.07, 6.45) is 3.54. The van der Waals surface area contributed by atoms with Crippen molar-refractivity contribution in [1.29, 1.82) is 5.41 Å². The van der Waals surface area contributed by atoms with Gasteiger partial charge in [-0.25, -0.2) is 0 Å². The van der Waals surface area contributed by atoms with E-state index in [1.165, 1.54) is 0 Å². The van der Waals surface area contributed by atoms with Gasteiger partial charge >= 0.3 is 0 Å². The molecular weight excluding hydrogens is 374 g/mol. The van der Waals surface area contributed by atoms with E-state index in [1.807, 2.05) is 13.0 Å². The van der Waals surface area contributed by atoms with Crippen LogP contribution in [0.2, 0.25) is 0 Å². The number of halogens is 2. The summed E-state index contributed by atoms with van der Waals surface area (Å²) < 4.78 is 5.06. The van der Waals surface area contributed by atoms with E-state index >= 15 is 0 Å². The molecule has 0 aliphatic rings. The van der Waals surface area contributed by atoms with Gasteiger partial charge in [-0.3, -0.25) is 14.8 Å². The van der Waals surface area contributed by atoms with Crippen LogP contribution in [0.15, 0.2) is 38.3 Å². The van der Waals surface area contributed by atoms with E-state index in [0.717, 1.165) is 14.5 Å². The number of rotatable bonds is 2. The first-order valence-electron chi connectivity index (χ1n) is 5.66. The number of aryl methyl sites for hydroxylation is 2. The fraction of sp³-hybridized carbons (Fsp3) is 0.231. The zero-order valence-electron chi connectivity index (χ0n) is 10.6. The normalized spacial score (nSPS) is 10.7. The molecule has 1 N–H and O–H groups in total. The van der Waals surface area contributed by atoms with Gasteiger partial charge in [0.1, 0.15) is 12.2 Å². The third kappa shape index (κ3) is 3.06. The van der Waals surface area contributed by atoms with Crippen molar-refractivity contribution in [2.45, 2.75) is 20.5 Å². The number of hydrogen-bond acceptors (Lipinski definition) is 2. The highest BCUT2D eigenvalue weighted by Crippen LogP contribution is 2.10. The fourth-order valence-electron chi connectivity index (χ4n) is 1.87. The van der Waals surface area contributed by atoms with E-state index in [0.29, 0.717) is 17.7 Å². The highest BCUT2D eigenvalue weighted by molar-refractivity contribution is 9.10. The van der Waals surface area contributed by atoms with Gasteiger partial charge < -0.3 is 4.57 Å². The number of nitrogens with one attached hydrogen (secondary N) is 1. The Morgan fingerprint density at radius 2 is 1.58 bits per heavy atom. The lowest BCUT2D eigenvalue weighted by Gasteiger charge is -2.12. The molecular formula is C13H13Br2N3O. The van der Waals surface area contributed by atoms with Crippen LogP contribution < -0.4 is 11.0 Å². The Bertz CT molecular complexity index is 683. The molecule has 2 heterocycles. The molecule has 0 saturated carbocycles. The molecule has 0 bridgehead atoms. The molecule has 0 saturated heterocycles. The third-order valence-corrected chi connectivity index (χ3v) is 3.70. The van der Waals surface area contributed by atoms with Gasteiger partial charge in [-0.05, 0) is 63.4 Å². The Balaban J connectivity index is 2.54. The minimum atomic E-state index is -0.0484. The maximum absolute atomic E-state index is 12.1. The van der Waals surface area contributed by atoms with Gasteiger partial charge in [0, 0.05) is 26.9 Å². The maximum atomic E-state index is 12.1. The van der Waals surface area contributed by atoms with E-state index in [-0.39, 0.29) is 5.56 Å². The maximum Gasteiger partial charge on any atom is 0.255 e. The molecule has 100 valence electrons. The Hall–Kier alpha value is -1.14. The predicted molar refractivity (Wildman–Crippen MR) is 81.3 cm³/mol. The SMILES string of the molecule is Cc1cc(Br)cn(Cn2cc(Br)cc(C)c2=O)c1=N. The van der Waals surface area contributed by atoms with Gasteiger partial charge in [0.05, 0.1) is 0 Å². The summed E-state index contributed by atoms with van der Waals surface area (Å²) in [6.45, 7) is 3.97. The first-order chi connectivity index (χ1) is 8.88. The number of aromatic nitrogens is 2. The van der Waals surface area contributed by atoms with E-state index < -0.39 is 0 Å². The summed E-state index contributed by atoms with van der Waals surface area (Å²) in [5.74, 6) is 0. The van der Waals surface area contributed by atoms with E-state index in [1.54, 1.807) is 34.5 Å². The van der Waals surface area contributed by atoms with Crippen LogP contribution in [0.5, 0.6) is 0 Å². The average molecular weight is 387 g/mol. The van der Waals surface area contributed by atoms with Crippen LogP contribution in [-0.4, -0.2) is 9.13 Å². The molecule has 0 aromatic carbocycles. The molecule has 6 heteroatoms. The van der Waals surface area contributed by atoms with Crippen LogP contribution in [-0.2, 0) is 6.67 Å². The lowest BCUT2D eigenvalue weighted by molar-refractivity contribution is 0.554. The molecule has 19 heavy (non-hydrogen) atoms. The Morgan fingerprint density at radius 1 is 1.05 bits per heavy atom. The van der Waals surface area contributed by atoms with E-state index in [2.05, 4.69) is 31.9 Å². The van der Waals surface area contributed by atoms with Crippen molar-refractivity contribution in [3.8, 4) is 0 Å². The quantitative estimate of drug-likeness (QED) is 0.847. The molecule has 0 fully saturated rings. The molecule has 0 unspecified atom stereocenters. The van der Waals surface area contributed by atoms with Crippen LogP contribution in [0, 0.1) is 19.3 Å². The summed E-state index contributed by atoms with van der Waals surface area (Å²) in [4.78, 5) is 12.1. The molecule has 0 radical (unpaired) electrons. The van der Waals surface area contributed by atoms with E-state index in [4.69, 9.17) is 5.41 Å². The molecule has 4 nitrogen and oxygen atoms in total. The van der Waals surface area contributed by atoms with Gasteiger partial charge in [-0.2, -0.15) is 0 Å². The third-order valence-electron chi connectivity index (χ3n) is 2.83. The van der Waals surface area contributed by atoms with Gasteiger partial charge in [0.25, 0.3) is 5.56 Å². The van der Waals surface area contributed by atoms with Crippen LogP contribution in [0.3, 0.4) is 0 Å². The van der Waals surface area contributed by atoms with Crippen molar-refractivity contribution in [2.24, 2.45) is 0 Å². The molecule has 0 spiro atoms. The average Bonchev–Trinajstić information content (AvgIpc) is 2.31. The molecule has 0 amide bonds. The Kier molecular flexibility index (Phi) is 4.10. The summed E-state index contributed by atoms with van der Waals surface area (Å²) >= 11 is 6.79. The Morgan fingerprint density at radius 3 is 2.21 bits per heavy atom. The number of pyridine rings is 2. The van der Waals surface area contributed by atoms with Gasteiger partial charge in [0.2, 0.25) is 0 Å². The smallest absolute Gasteiger partial charge is 0.255 e. The topological polar surface area (TPSA) is 50.8 Å². The van der Waals surface area contributed by atoms with Crippen molar-refractivity contribution < 1.29 is 0 Å². The van der Waals surface area contributed by atoms with Gasteiger partial charge in [-0.15, -0.1) is 0 Å². The molecule has 2 aromatic rings. The van der Waals surface area contributed by atoms with Crippen LogP contribution in [0.1, 0.15) is 11.1 Å². The summed E-state index contributed by atoms with van der Waals surface area (Å²) in [6, 6.07) is 3.67. The number of nitrogens with zero attached hydrogens (tertiary/aromatic N) is 2. The zero-order chi connectivity index (χ0) is 14.2. The molecule has 2 aromatic heterocycles. The monoisotopic (exact) mass is 385 g/mol. The fourth-order valence-corrected chi connectivity index (χ4v) is 3.05. The minimum Gasteiger partial charge on any atom is -0.313 e. The lowest BCUT2D eigenvalue weighted by atomic mass is 10.3. The first kappa shape index (κ1) is 14.3. The van der Waals surface area contributed by atoms with Crippen LogP contribution >= 0.6 is 31.9 Å². The highest BCUT2D eigenvalue weighted by atomic mass is 79.9. The first-order valence-corrected chi connectivity index (χ1v) is 7.25. The Labute approximate surface area is 127 Å². The lowest BCUT2D eigenvalue weighted by Crippen LogP contribution is -2.31.